The number of hydrogen-bond acceptors (Lipinski definition) is 7. The molecule has 2 fully saturated rings. The molecule has 4 aliphatic carbocycles. The predicted octanol–water partition coefficient (Wildman–Crippen LogP) is 2.11. The van der Waals surface area contributed by atoms with E-state index in [1.165, 1.54) is 19.8 Å². The first-order chi connectivity index (χ1) is 15.3. The molecule has 4 bridgehead atoms. The van der Waals surface area contributed by atoms with Gasteiger partial charge in [-0.3, -0.25) is 9.59 Å². The van der Waals surface area contributed by atoms with Gasteiger partial charge in [-0.25, -0.2) is 0 Å². The van der Waals surface area contributed by atoms with Crippen molar-refractivity contribution in [1.82, 2.24) is 4.90 Å². The number of rotatable bonds is 3. The molecule has 0 amide bonds. The Labute approximate surface area is 187 Å². The van der Waals surface area contributed by atoms with Crippen molar-refractivity contribution in [2.75, 3.05) is 34.9 Å². The molecule has 7 heteroatoms. The molecule has 1 saturated carbocycles. The molecule has 2 heterocycles. The van der Waals surface area contributed by atoms with Crippen LogP contribution in [0.15, 0.2) is 24.3 Å². The Kier molecular flexibility index (Phi) is 3.81. The molecular weight excluding hydrogens is 410 g/mol. The Hall–Kier alpha value is -2.54. The topological polar surface area (TPSA) is 74.3 Å². The van der Waals surface area contributed by atoms with Crippen LogP contribution in [0.25, 0.3) is 0 Å². The predicted molar refractivity (Wildman–Crippen MR) is 115 cm³/mol. The normalized spacial score (nSPS) is 42.2. The molecule has 32 heavy (non-hydrogen) atoms. The number of ether oxygens (including phenoxy) is 4. The standard InChI is InChI=1S/C25H29NO6/c1-23-14-8-9-24(19(22(28)31-5)17(14)21(27)30-4)16-12-13-6-7-15(29-3)20(32-23)18(13)25(23,24)10-11-26(16)2/h6-9,14,16-17,19H,10-12H2,1-5H3/t14-,16-,17-,19+,23+,24+,25+/m1/s1. The number of fused-ring (bicyclic) bond motifs is 1. The van der Waals surface area contributed by atoms with Gasteiger partial charge in [0.25, 0.3) is 0 Å². The zero-order chi connectivity index (χ0) is 22.6. The number of carbonyl (C=O) groups excluding carboxylic acids is 2. The highest BCUT2D eigenvalue weighted by atomic mass is 16.5. The van der Waals surface area contributed by atoms with Gasteiger partial charge >= 0.3 is 11.9 Å². The number of hydrogen-bond donors (Lipinski definition) is 0. The van der Waals surface area contributed by atoms with Gasteiger partial charge in [-0.1, -0.05) is 18.2 Å². The second kappa shape index (κ2) is 6.07. The van der Waals surface area contributed by atoms with E-state index in [4.69, 9.17) is 18.9 Å². The van der Waals surface area contributed by atoms with E-state index in [9.17, 15) is 9.59 Å². The molecule has 0 aromatic heterocycles. The Morgan fingerprint density at radius 3 is 2.59 bits per heavy atom. The minimum Gasteiger partial charge on any atom is -0.493 e. The molecule has 6 aliphatic rings. The molecule has 0 radical (unpaired) electrons. The van der Waals surface area contributed by atoms with Gasteiger partial charge in [-0.05, 0) is 45.0 Å². The first kappa shape index (κ1) is 20.1. The number of methoxy groups -OCH3 is 3. The molecule has 170 valence electrons. The quantitative estimate of drug-likeness (QED) is 0.528. The molecule has 0 N–H and O–H groups in total. The van der Waals surface area contributed by atoms with Gasteiger partial charge in [-0.15, -0.1) is 0 Å². The van der Waals surface area contributed by atoms with Crippen molar-refractivity contribution in [2.24, 2.45) is 23.2 Å². The lowest BCUT2D eigenvalue weighted by Gasteiger charge is -2.73. The van der Waals surface area contributed by atoms with Crippen LogP contribution in [0.1, 0.15) is 24.5 Å². The van der Waals surface area contributed by atoms with Gasteiger partial charge in [0.05, 0.1) is 38.6 Å². The Morgan fingerprint density at radius 2 is 1.91 bits per heavy atom. The van der Waals surface area contributed by atoms with Crippen LogP contribution in [0.4, 0.5) is 0 Å². The van der Waals surface area contributed by atoms with Gasteiger partial charge in [0, 0.05) is 22.9 Å². The van der Waals surface area contributed by atoms with E-state index in [-0.39, 0.29) is 23.9 Å². The number of esters is 2. The summed E-state index contributed by atoms with van der Waals surface area (Å²) in [6, 6.07) is 4.15. The number of carbonyl (C=O) groups is 2. The van der Waals surface area contributed by atoms with Crippen molar-refractivity contribution in [1.29, 1.82) is 0 Å². The van der Waals surface area contributed by atoms with Gasteiger partial charge in [0.1, 0.15) is 5.60 Å². The lowest BCUT2D eigenvalue weighted by Crippen LogP contribution is -2.82. The van der Waals surface area contributed by atoms with Gasteiger partial charge in [0.2, 0.25) is 0 Å². The summed E-state index contributed by atoms with van der Waals surface area (Å²) in [6.07, 6.45) is 5.92. The lowest BCUT2D eigenvalue weighted by atomic mass is 9.32. The zero-order valence-corrected chi connectivity index (χ0v) is 19.1. The van der Waals surface area contributed by atoms with Crippen molar-refractivity contribution >= 4 is 11.9 Å². The largest absolute Gasteiger partial charge is 0.493 e. The maximum absolute atomic E-state index is 13.5. The maximum Gasteiger partial charge on any atom is 0.310 e. The first-order valence-electron chi connectivity index (χ1n) is 11.3. The van der Waals surface area contributed by atoms with Crippen molar-refractivity contribution in [2.45, 2.75) is 36.8 Å². The molecule has 1 aromatic carbocycles. The summed E-state index contributed by atoms with van der Waals surface area (Å²) in [4.78, 5) is 29.1. The molecule has 7 atom stereocenters. The van der Waals surface area contributed by atoms with Crippen molar-refractivity contribution in [3.05, 3.63) is 35.4 Å². The molecule has 7 nitrogen and oxygen atoms in total. The van der Waals surface area contributed by atoms with Gasteiger partial charge in [-0.2, -0.15) is 0 Å². The van der Waals surface area contributed by atoms with Crippen molar-refractivity contribution < 1.29 is 28.5 Å². The highest BCUT2D eigenvalue weighted by Crippen LogP contribution is 2.78. The molecule has 1 saturated heterocycles. The molecule has 1 aromatic rings. The third-order valence-electron chi connectivity index (χ3n) is 9.50. The van der Waals surface area contributed by atoms with Crippen LogP contribution in [0.2, 0.25) is 0 Å². The van der Waals surface area contributed by atoms with Crippen molar-refractivity contribution in [3.8, 4) is 11.5 Å². The SMILES string of the molecule is COC(=O)[C@H]1[C@@H](C(=O)OC)[C@@]23C=C[C@H]1[C@]1(C)Oc4c(OC)ccc5c4[C@]21CCN(C)[C@@H]3C5. The van der Waals surface area contributed by atoms with E-state index < -0.39 is 28.3 Å². The summed E-state index contributed by atoms with van der Waals surface area (Å²) in [5.41, 5.74) is 0.579. The Morgan fingerprint density at radius 1 is 1.16 bits per heavy atom. The average molecular weight is 440 g/mol. The zero-order valence-electron chi connectivity index (χ0n) is 19.1. The minimum atomic E-state index is -0.712. The van der Waals surface area contributed by atoms with Crippen molar-refractivity contribution in [3.63, 3.8) is 0 Å². The number of likely N-dealkylation sites (N-methyl/N-ethyl adjacent to an activating group) is 1. The number of piperidine rings is 1. The molecule has 2 aliphatic heterocycles. The number of benzene rings is 1. The van der Waals surface area contributed by atoms with Gasteiger partial charge in [0.15, 0.2) is 11.5 Å². The minimum absolute atomic E-state index is 0.0276. The third-order valence-corrected chi connectivity index (χ3v) is 9.50. The summed E-state index contributed by atoms with van der Waals surface area (Å²) in [5, 5.41) is 0. The van der Waals surface area contributed by atoms with E-state index in [1.807, 2.05) is 6.07 Å². The fraction of sp³-hybridized carbons (Fsp3) is 0.600. The summed E-state index contributed by atoms with van der Waals surface area (Å²) in [7, 11) is 6.57. The summed E-state index contributed by atoms with van der Waals surface area (Å²) in [6.45, 7) is 3.01. The second-order valence-electron chi connectivity index (χ2n) is 10.1. The monoisotopic (exact) mass is 439 g/mol. The fourth-order valence-electron chi connectivity index (χ4n) is 8.45. The van der Waals surface area contributed by atoms with Crippen LogP contribution in [-0.2, 0) is 30.9 Å². The van der Waals surface area contributed by atoms with E-state index in [2.05, 4.69) is 37.1 Å². The fourth-order valence-corrected chi connectivity index (χ4v) is 8.45. The summed E-state index contributed by atoms with van der Waals surface area (Å²) >= 11 is 0. The van der Waals surface area contributed by atoms with E-state index in [0.717, 1.165) is 30.7 Å². The third kappa shape index (κ3) is 1.80. The molecule has 2 spiro atoms. The smallest absolute Gasteiger partial charge is 0.310 e. The Bertz CT molecular complexity index is 1080. The lowest BCUT2D eigenvalue weighted by molar-refractivity contribution is -0.226. The van der Waals surface area contributed by atoms with E-state index >= 15 is 0 Å². The maximum atomic E-state index is 13.5. The Balaban J connectivity index is 1.74. The van der Waals surface area contributed by atoms with Crippen LogP contribution in [0.3, 0.4) is 0 Å². The second-order valence-corrected chi connectivity index (χ2v) is 10.1. The van der Waals surface area contributed by atoms with E-state index in [0.29, 0.717) is 5.75 Å². The van der Waals surface area contributed by atoms with Crippen LogP contribution in [0.5, 0.6) is 11.5 Å². The first-order valence-corrected chi connectivity index (χ1v) is 11.3. The van der Waals surface area contributed by atoms with Crippen LogP contribution in [-0.4, -0.2) is 63.4 Å². The summed E-state index contributed by atoms with van der Waals surface area (Å²) < 4.78 is 23.2. The van der Waals surface area contributed by atoms with Crippen LogP contribution in [0, 0.1) is 23.2 Å². The highest BCUT2D eigenvalue weighted by molar-refractivity contribution is 5.87. The highest BCUT2D eigenvalue weighted by Gasteiger charge is 2.84. The van der Waals surface area contributed by atoms with E-state index in [1.54, 1.807) is 7.11 Å². The number of likely N-dealkylation sites (tertiary alicyclic amines) is 1. The van der Waals surface area contributed by atoms with Crippen LogP contribution >= 0.6 is 0 Å². The molecular formula is C25H29NO6. The van der Waals surface area contributed by atoms with Gasteiger partial charge < -0.3 is 23.8 Å². The average Bonchev–Trinajstić information content (AvgIpc) is 3.09. The summed E-state index contributed by atoms with van der Waals surface area (Å²) in [5.74, 6) is -0.920. The molecule has 7 rings (SSSR count). The van der Waals surface area contributed by atoms with Crippen LogP contribution < -0.4 is 9.47 Å². The molecule has 0 unspecified atom stereocenters. The number of nitrogens with zero attached hydrogens (tertiary/aromatic N) is 1.